The minimum atomic E-state index is 0.557. The first-order chi connectivity index (χ1) is 10.1. The van der Waals surface area contributed by atoms with Crippen LogP contribution in [0, 0.1) is 11.8 Å². The van der Waals surface area contributed by atoms with Gasteiger partial charge in [0, 0.05) is 17.8 Å². The fraction of sp³-hybridized carbons (Fsp3) is 0.667. The molecule has 0 radical (unpaired) electrons. The highest BCUT2D eigenvalue weighted by molar-refractivity contribution is 5.55. The first-order valence-corrected chi connectivity index (χ1v) is 8.30. The second kappa shape index (κ2) is 7.58. The van der Waals surface area contributed by atoms with E-state index in [1.807, 2.05) is 19.9 Å². The van der Waals surface area contributed by atoms with E-state index in [1.165, 1.54) is 19.3 Å². The van der Waals surface area contributed by atoms with Gasteiger partial charge in [-0.25, -0.2) is 0 Å². The summed E-state index contributed by atoms with van der Waals surface area (Å²) in [7, 11) is 0. The number of rotatable bonds is 6. The van der Waals surface area contributed by atoms with Crippen LogP contribution in [0.3, 0.4) is 0 Å². The van der Waals surface area contributed by atoms with Gasteiger partial charge in [-0.3, -0.25) is 0 Å². The van der Waals surface area contributed by atoms with Crippen molar-refractivity contribution in [3.63, 3.8) is 0 Å². The average Bonchev–Trinajstić information content (AvgIpc) is 2.46. The maximum atomic E-state index is 5.70. The lowest BCUT2D eigenvalue weighted by Gasteiger charge is -2.34. The molecule has 0 heterocycles. The van der Waals surface area contributed by atoms with Gasteiger partial charge in [0.05, 0.1) is 13.2 Å². The molecule has 0 saturated heterocycles. The molecule has 1 N–H and O–H groups in total. The van der Waals surface area contributed by atoms with E-state index in [4.69, 9.17) is 9.47 Å². The van der Waals surface area contributed by atoms with Gasteiger partial charge in [-0.2, -0.15) is 0 Å². The van der Waals surface area contributed by atoms with E-state index in [0.717, 1.165) is 29.0 Å². The Morgan fingerprint density at radius 3 is 2.48 bits per heavy atom. The molecule has 0 spiro atoms. The second-order valence-electron chi connectivity index (χ2n) is 6.17. The van der Waals surface area contributed by atoms with Crippen LogP contribution in [0.2, 0.25) is 0 Å². The van der Waals surface area contributed by atoms with Crippen LogP contribution in [0.1, 0.15) is 47.0 Å². The van der Waals surface area contributed by atoms with E-state index < -0.39 is 0 Å². The Labute approximate surface area is 129 Å². The van der Waals surface area contributed by atoms with Gasteiger partial charge >= 0.3 is 0 Å². The molecule has 1 fully saturated rings. The predicted molar refractivity (Wildman–Crippen MR) is 88.4 cm³/mol. The minimum Gasteiger partial charge on any atom is -0.490 e. The van der Waals surface area contributed by atoms with Crippen molar-refractivity contribution in [2.45, 2.75) is 53.0 Å². The van der Waals surface area contributed by atoms with Gasteiger partial charge in [-0.1, -0.05) is 20.3 Å². The Morgan fingerprint density at radius 1 is 1.05 bits per heavy atom. The molecule has 0 aliphatic heterocycles. The van der Waals surface area contributed by atoms with Crippen molar-refractivity contribution >= 4 is 5.69 Å². The number of hydrogen-bond acceptors (Lipinski definition) is 3. The molecule has 1 aromatic rings. The molecule has 118 valence electrons. The zero-order valence-electron chi connectivity index (χ0n) is 13.8. The quantitative estimate of drug-likeness (QED) is 0.822. The molecule has 0 bridgehead atoms. The molecule has 3 heteroatoms. The lowest BCUT2D eigenvalue weighted by atomic mass is 9.80. The van der Waals surface area contributed by atoms with Gasteiger partial charge < -0.3 is 14.8 Å². The van der Waals surface area contributed by atoms with Gasteiger partial charge in [-0.05, 0) is 50.7 Å². The smallest absolute Gasteiger partial charge is 0.163 e. The molecular formula is C18H29NO2. The summed E-state index contributed by atoms with van der Waals surface area (Å²) in [6.45, 7) is 10.0. The second-order valence-corrected chi connectivity index (χ2v) is 6.17. The van der Waals surface area contributed by atoms with E-state index in [9.17, 15) is 0 Å². The van der Waals surface area contributed by atoms with Gasteiger partial charge in [0.1, 0.15) is 0 Å². The van der Waals surface area contributed by atoms with Crippen LogP contribution in [0.15, 0.2) is 18.2 Å². The first kappa shape index (κ1) is 16.0. The van der Waals surface area contributed by atoms with Crippen molar-refractivity contribution in [1.82, 2.24) is 0 Å². The van der Waals surface area contributed by atoms with Crippen molar-refractivity contribution in [1.29, 1.82) is 0 Å². The van der Waals surface area contributed by atoms with E-state index in [0.29, 0.717) is 19.3 Å². The summed E-state index contributed by atoms with van der Waals surface area (Å²) in [4.78, 5) is 0. The van der Waals surface area contributed by atoms with Crippen LogP contribution in [0.4, 0.5) is 5.69 Å². The normalized spacial score (nSPS) is 25.4. The molecule has 1 saturated carbocycles. The van der Waals surface area contributed by atoms with Crippen LogP contribution >= 0.6 is 0 Å². The van der Waals surface area contributed by atoms with Crippen LogP contribution in [-0.2, 0) is 0 Å². The van der Waals surface area contributed by atoms with Crippen LogP contribution in [-0.4, -0.2) is 19.3 Å². The molecular weight excluding hydrogens is 262 g/mol. The number of nitrogens with one attached hydrogen (secondary N) is 1. The van der Waals surface area contributed by atoms with Crippen molar-refractivity contribution in [2.24, 2.45) is 11.8 Å². The van der Waals surface area contributed by atoms with Crippen molar-refractivity contribution in [3.05, 3.63) is 18.2 Å². The molecule has 3 unspecified atom stereocenters. The number of anilines is 1. The molecule has 21 heavy (non-hydrogen) atoms. The van der Waals surface area contributed by atoms with Gasteiger partial charge in [0.25, 0.3) is 0 Å². The van der Waals surface area contributed by atoms with E-state index in [1.54, 1.807) is 0 Å². The van der Waals surface area contributed by atoms with Gasteiger partial charge in [0.15, 0.2) is 11.5 Å². The monoisotopic (exact) mass is 291 g/mol. The highest BCUT2D eigenvalue weighted by Gasteiger charge is 2.25. The highest BCUT2D eigenvalue weighted by Crippen LogP contribution is 2.34. The molecule has 0 amide bonds. The highest BCUT2D eigenvalue weighted by atomic mass is 16.5. The van der Waals surface area contributed by atoms with Crippen LogP contribution in [0.5, 0.6) is 11.5 Å². The van der Waals surface area contributed by atoms with Crippen molar-refractivity contribution in [3.8, 4) is 11.5 Å². The van der Waals surface area contributed by atoms with Crippen LogP contribution in [0.25, 0.3) is 0 Å². The Balaban J connectivity index is 2.10. The third kappa shape index (κ3) is 4.29. The lowest BCUT2D eigenvalue weighted by molar-refractivity contribution is 0.279. The summed E-state index contributed by atoms with van der Waals surface area (Å²) in [6, 6.07) is 6.73. The fourth-order valence-electron chi connectivity index (χ4n) is 3.09. The Hall–Kier alpha value is -1.38. The lowest BCUT2D eigenvalue weighted by Crippen LogP contribution is -2.33. The maximum Gasteiger partial charge on any atom is 0.163 e. The predicted octanol–water partition coefficient (Wildman–Crippen LogP) is 4.72. The van der Waals surface area contributed by atoms with Crippen molar-refractivity contribution < 1.29 is 9.47 Å². The summed E-state index contributed by atoms with van der Waals surface area (Å²) in [6.07, 6.45) is 3.92. The summed E-state index contributed by atoms with van der Waals surface area (Å²) in [5.74, 6) is 3.20. The fourth-order valence-corrected chi connectivity index (χ4v) is 3.09. The van der Waals surface area contributed by atoms with E-state index in [-0.39, 0.29) is 0 Å². The summed E-state index contributed by atoms with van der Waals surface area (Å²) in [5.41, 5.74) is 1.13. The number of benzene rings is 1. The Bertz CT molecular complexity index is 447. The topological polar surface area (TPSA) is 30.5 Å². The molecule has 1 aliphatic rings. The molecule has 3 atom stereocenters. The summed E-state index contributed by atoms with van der Waals surface area (Å²) < 4.78 is 11.3. The Morgan fingerprint density at radius 2 is 1.76 bits per heavy atom. The summed E-state index contributed by atoms with van der Waals surface area (Å²) >= 11 is 0. The SMILES string of the molecule is CCOc1ccc(NC2CC(C)CCC2C)cc1OCC. The van der Waals surface area contributed by atoms with E-state index >= 15 is 0 Å². The first-order valence-electron chi connectivity index (χ1n) is 8.30. The molecule has 3 nitrogen and oxygen atoms in total. The Kier molecular flexibility index (Phi) is 5.77. The van der Waals surface area contributed by atoms with E-state index in [2.05, 4.69) is 31.3 Å². The zero-order valence-corrected chi connectivity index (χ0v) is 13.8. The van der Waals surface area contributed by atoms with Crippen LogP contribution < -0.4 is 14.8 Å². The summed E-state index contributed by atoms with van der Waals surface area (Å²) in [5, 5.41) is 3.69. The number of hydrogen-bond donors (Lipinski definition) is 1. The minimum absolute atomic E-state index is 0.557. The third-order valence-corrected chi connectivity index (χ3v) is 4.35. The number of ether oxygens (including phenoxy) is 2. The standard InChI is InChI=1S/C18H29NO2/c1-5-20-17-10-9-15(12-18(17)21-6-2)19-16-11-13(3)7-8-14(16)4/h9-10,12-14,16,19H,5-8,11H2,1-4H3. The largest absolute Gasteiger partial charge is 0.490 e. The molecule has 2 rings (SSSR count). The average molecular weight is 291 g/mol. The van der Waals surface area contributed by atoms with Gasteiger partial charge in [0.2, 0.25) is 0 Å². The maximum absolute atomic E-state index is 5.70. The molecule has 1 aliphatic carbocycles. The van der Waals surface area contributed by atoms with Gasteiger partial charge in [-0.15, -0.1) is 0 Å². The molecule has 1 aromatic carbocycles. The van der Waals surface area contributed by atoms with Crippen molar-refractivity contribution in [2.75, 3.05) is 18.5 Å². The zero-order chi connectivity index (χ0) is 15.2. The third-order valence-electron chi connectivity index (χ3n) is 4.35. The molecule has 0 aromatic heterocycles.